The van der Waals surface area contributed by atoms with Crippen molar-refractivity contribution < 1.29 is 18.9 Å². The summed E-state index contributed by atoms with van der Waals surface area (Å²) in [6, 6.07) is 1.66. The molecule has 0 bridgehead atoms. The maximum absolute atomic E-state index is 13.0. The molecule has 2 N–H and O–H groups in total. The average Bonchev–Trinajstić information content (AvgIpc) is 3.25. The molecular weight excluding hydrogens is 374 g/mol. The lowest BCUT2D eigenvalue weighted by atomic mass is 9.93. The van der Waals surface area contributed by atoms with Crippen LogP contribution in [0.4, 0.5) is 5.82 Å². The van der Waals surface area contributed by atoms with Gasteiger partial charge in [-0.3, -0.25) is 19.3 Å². The topological polar surface area (TPSA) is 112 Å². The Morgan fingerprint density at radius 3 is 2.62 bits per heavy atom. The quantitative estimate of drug-likeness (QED) is 0.807. The van der Waals surface area contributed by atoms with Gasteiger partial charge in [0.15, 0.2) is 11.6 Å². The van der Waals surface area contributed by atoms with E-state index in [0.29, 0.717) is 55.4 Å². The van der Waals surface area contributed by atoms with Crippen molar-refractivity contribution in [2.75, 3.05) is 38.0 Å². The fourth-order valence-electron chi connectivity index (χ4n) is 4.07. The Morgan fingerprint density at radius 2 is 1.97 bits per heavy atom. The van der Waals surface area contributed by atoms with Gasteiger partial charge in [-0.2, -0.15) is 0 Å². The maximum Gasteiger partial charge on any atom is 0.270 e. The summed E-state index contributed by atoms with van der Waals surface area (Å²) in [4.78, 5) is 44.3. The SMILES string of the molecule is Cc1cc(NC(=O)CN2CCN(C(=O)c3[nH]c4c(c3C)C(=O)CCC4)CC2)no1. The molecule has 3 heterocycles. The van der Waals surface area contributed by atoms with Gasteiger partial charge in [0.25, 0.3) is 5.91 Å². The Hall–Kier alpha value is -2.94. The van der Waals surface area contributed by atoms with Crippen molar-refractivity contribution in [3.63, 3.8) is 0 Å². The standard InChI is InChI=1S/C20H25N5O4/c1-12-10-16(23-29-12)22-17(27)11-24-6-8-25(9-7-24)20(28)19-13(2)18-14(21-19)4-3-5-15(18)26/h10,21H,3-9,11H2,1-2H3,(H,22,23,27). The molecule has 1 saturated heterocycles. The lowest BCUT2D eigenvalue weighted by molar-refractivity contribution is -0.117. The number of ketones is 1. The molecule has 2 aliphatic rings. The summed E-state index contributed by atoms with van der Waals surface area (Å²) >= 11 is 0. The van der Waals surface area contributed by atoms with Gasteiger partial charge in [-0.1, -0.05) is 5.16 Å². The highest BCUT2D eigenvalue weighted by Gasteiger charge is 2.30. The summed E-state index contributed by atoms with van der Waals surface area (Å²) in [6.07, 6.45) is 2.19. The molecule has 1 aliphatic carbocycles. The molecule has 2 amide bonds. The molecule has 1 fully saturated rings. The minimum Gasteiger partial charge on any atom is -0.360 e. The Morgan fingerprint density at radius 1 is 1.21 bits per heavy atom. The number of H-pyrrole nitrogens is 1. The van der Waals surface area contributed by atoms with E-state index in [9.17, 15) is 14.4 Å². The zero-order valence-corrected chi connectivity index (χ0v) is 16.7. The number of aromatic amines is 1. The highest BCUT2D eigenvalue weighted by molar-refractivity contribution is 6.04. The molecule has 0 saturated carbocycles. The Labute approximate surface area is 168 Å². The van der Waals surface area contributed by atoms with Gasteiger partial charge in [0.2, 0.25) is 5.91 Å². The van der Waals surface area contributed by atoms with E-state index in [0.717, 1.165) is 24.1 Å². The van der Waals surface area contributed by atoms with Crippen LogP contribution in [0.3, 0.4) is 0 Å². The van der Waals surface area contributed by atoms with Gasteiger partial charge in [-0.25, -0.2) is 0 Å². The monoisotopic (exact) mass is 399 g/mol. The van der Waals surface area contributed by atoms with Crippen molar-refractivity contribution in [2.24, 2.45) is 0 Å². The number of nitrogens with one attached hydrogen (secondary N) is 2. The van der Waals surface area contributed by atoms with Crippen LogP contribution in [0.1, 0.15) is 50.7 Å². The highest BCUT2D eigenvalue weighted by atomic mass is 16.5. The first kappa shape index (κ1) is 19.4. The zero-order chi connectivity index (χ0) is 20.5. The van der Waals surface area contributed by atoms with Crippen LogP contribution in [0.2, 0.25) is 0 Å². The summed E-state index contributed by atoms with van der Waals surface area (Å²) in [7, 11) is 0. The molecule has 29 heavy (non-hydrogen) atoms. The summed E-state index contributed by atoms with van der Waals surface area (Å²) in [5.41, 5.74) is 2.88. The normalized spacial score (nSPS) is 17.3. The summed E-state index contributed by atoms with van der Waals surface area (Å²) in [6.45, 7) is 6.12. The average molecular weight is 399 g/mol. The first-order valence-electron chi connectivity index (χ1n) is 9.92. The van der Waals surface area contributed by atoms with Gasteiger partial charge in [0.1, 0.15) is 11.5 Å². The van der Waals surface area contributed by atoms with Crippen molar-refractivity contribution in [3.8, 4) is 0 Å². The number of nitrogens with zero attached hydrogens (tertiary/aromatic N) is 3. The number of Topliss-reactive ketones (excluding diaryl/α,β-unsaturated/α-hetero) is 1. The van der Waals surface area contributed by atoms with Gasteiger partial charge >= 0.3 is 0 Å². The molecule has 154 valence electrons. The smallest absolute Gasteiger partial charge is 0.270 e. The van der Waals surface area contributed by atoms with Crippen molar-refractivity contribution >= 4 is 23.4 Å². The van der Waals surface area contributed by atoms with Crippen molar-refractivity contribution in [2.45, 2.75) is 33.1 Å². The summed E-state index contributed by atoms with van der Waals surface area (Å²) in [5, 5.41) is 6.46. The predicted octanol–water partition coefficient (Wildman–Crippen LogP) is 1.54. The minimum atomic E-state index is -0.163. The highest BCUT2D eigenvalue weighted by Crippen LogP contribution is 2.27. The molecule has 2 aromatic heterocycles. The van der Waals surface area contributed by atoms with Gasteiger partial charge in [0.05, 0.1) is 6.54 Å². The second-order valence-corrected chi connectivity index (χ2v) is 7.69. The summed E-state index contributed by atoms with van der Waals surface area (Å²) < 4.78 is 4.94. The lowest BCUT2D eigenvalue weighted by Crippen LogP contribution is -2.50. The van der Waals surface area contributed by atoms with E-state index in [2.05, 4.69) is 15.5 Å². The van der Waals surface area contributed by atoms with Gasteiger partial charge in [0, 0.05) is 49.9 Å². The molecule has 0 radical (unpaired) electrons. The first-order chi connectivity index (χ1) is 13.9. The lowest BCUT2D eigenvalue weighted by Gasteiger charge is -2.34. The van der Waals surface area contributed by atoms with Crippen LogP contribution >= 0.6 is 0 Å². The number of aryl methyl sites for hydroxylation is 2. The predicted molar refractivity (Wildman–Crippen MR) is 105 cm³/mol. The van der Waals surface area contributed by atoms with E-state index in [1.165, 1.54) is 0 Å². The maximum atomic E-state index is 13.0. The van der Waals surface area contributed by atoms with Crippen LogP contribution in [0.5, 0.6) is 0 Å². The molecule has 0 atom stereocenters. The van der Waals surface area contributed by atoms with E-state index in [4.69, 9.17) is 4.52 Å². The Bertz CT molecular complexity index is 952. The molecule has 9 heteroatoms. The van der Waals surface area contributed by atoms with Crippen LogP contribution in [-0.2, 0) is 11.2 Å². The minimum absolute atomic E-state index is 0.0770. The van der Waals surface area contributed by atoms with Gasteiger partial charge in [-0.05, 0) is 32.3 Å². The van der Waals surface area contributed by atoms with E-state index >= 15 is 0 Å². The third-order valence-electron chi connectivity index (χ3n) is 5.57. The van der Waals surface area contributed by atoms with Crippen LogP contribution in [0.25, 0.3) is 0 Å². The molecule has 1 aliphatic heterocycles. The molecule has 9 nitrogen and oxygen atoms in total. The number of amides is 2. The molecule has 0 unspecified atom stereocenters. The van der Waals surface area contributed by atoms with Crippen molar-refractivity contribution in [3.05, 3.63) is 34.3 Å². The third-order valence-corrected chi connectivity index (χ3v) is 5.57. The van der Waals surface area contributed by atoms with Crippen molar-refractivity contribution in [1.29, 1.82) is 0 Å². The number of anilines is 1. The Kier molecular flexibility index (Phi) is 5.23. The largest absolute Gasteiger partial charge is 0.360 e. The van der Waals surface area contributed by atoms with Crippen LogP contribution in [0.15, 0.2) is 10.6 Å². The number of hydrogen-bond donors (Lipinski definition) is 2. The molecule has 0 aromatic carbocycles. The zero-order valence-electron chi connectivity index (χ0n) is 16.7. The number of carbonyl (C=O) groups excluding carboxylic acids is 3. The molecule has 4 rings (SSSR count). The second-order valence-electron chi connectivity index (χ2n) is 7.69. The van der Waals surface area contributed by atoms with E-state index < -0.39 is 0 Å². The fraction of sp³-hybridized carbons (Fsp3) is 0.500. The second kappa shape index (κ2) is 7.82. The number of rotatable bonds is 4. The van der Waals surface area contributed by atoms with E-state index in [-0.39, 0.29) is 24.1 Å². The van der Waals surface area contributed by atoms with E-state index in [1.54, 1.807) is 17.9 Å². The number of aromatic nitrogens is 2. The van der Waals surface area contributed by atoms with E-state index in [1.807, 2.05) is 11.8 Å². The first-order valence-corrected chi connectivity index (χ1v) is 9.92. The third kappa shape index (κ3) is 3.95. The fourth-order valence-corrected chi connectivity index (χ4v) is 4.07. The van der Waals surface area contributed by atoms with Crippen molar-refractivity contribution in [1.82, 2.24) is 19.9 Å². The number of carbonyl (C=O) groups is 3. The summed E-state index contributed by atoms with van der Waals surface area (Å²) in [5.74, 6) is 0.922. The van der Waals surface area contributed by atoms with Gasteiger partial charge in [-0.15, -0.1) is 0 Å². The van der Waals surface area contributed by atoms with Crippen LogP contribution in [-0.4, -0.2) is 70.3 Å². The number of piperazine rings is 1. The van der Waals surface area contributed by atoms with Crippen LogP contribution in [0, 0.1) is 13.8 Å². The number of hydrogen-bond acceptors (Lipinski definition) is 6. The van der Waals surface area contributed by atoms with Crippen LogP contribution < -0.4 is 5.32 Å². The van der Waals surface area contributed by atoms with Gasteiger partial charge < -0.3 is 19.7 Å². The Balaban J connectivity index is 1.33. The molecular formula is C20H25N5O4. The molecule has 2 aromatic rings. The molecule has 0 spiro atoms. The number of fused-ring (bicyclic) bond motifs is 1.